The monoisotopic (exact) mass is 270 g/mol. The summed E-state index contributed by atoms with van der Waals surface area (Å²) >= 11 is 0. The number of carbonyl (C=O) groups is 3. The highest BCUT2D eigenvalue weighted by molar-refractivity contribution is 5.86. The summed E-state index contributed by atoms with van der Waals surface area (Å²) < 4.78 is 0. The average Bonchev–Trinajstić information content (AvgIpc) is 2.43. The lowest BCUT2D eigenvalue weighted by molar-refractivity contribution is -0.146. The SMILES string of the molecule is CCN(CC(=O)NC)C(=O)C1CCCC(C(=O)O)C1. The number of hydrogen-bond acceptors (Lipinski definition) is 3. The van der Waals surface area contributed by atoms with Crippen molar-refractivity contribution in [1.29, 1.82) is 0 Å². The third-order valence-corrected chi connectivity index (χ3v) is 3.68. The molecule has 0 spiro atoms. The van der Waals surface area contributed by atoms with Gasteiger partial charge in [0.15, 0.2) is 0 Å². The minimum atomic E-state index is -0.827. The first-order chi connectivity index (χ1) is 8.99. The van der Waals surface area contributed by atoms with Crippen molar-refractivity contribution >= 4 is 17.8 Å². The Kier molecular flexibility index (Phi) is 5.79. The third kappa shape index (κ3) is 4.22. The van der Waals surface area contributed by atoms with E-state index in [0.29, 0.717) is 25.8 Å². The van der Waals surface area contributed by atoms with Crippen LogP contribution in [0.5, 0.6) is 0 Å². The summed E-state index contributed by atoms with van der Waals surface area (Å²) in [6.45, 7) is 2.32. The van der Waals surface area contributed by atoms with Crippen molar-refractivity contribution in [3.8, 4) is 0 Å². The Hall–Kier alpha value is -1.59. The van der Waals surface area contributed by atoms with Crippen LogP contribution >= 0.6 is 0 Å². The smallest absolute Gasteiger partial charge is 0.306 e. The molecule has 6 heteroatoms. The van der Waals surface area contributed by atoms with E-state index < -0.39 is 11.9 Å². The molecule has 0 aliphatic heterocycles. The lowest BCUT2D eigenvalue weighted by atomic mass is 9.80. The van der Waals surface area contributed by atoms with Crippen LogP contribution in [0.4, 0.5) is 0 Å². The van der Waals surface area contributed by atoms with Gasteiger partial charge in [-0.1, -0.05) is 6.42 Å². The molecule has 1 fully saturated rings. The number of nitrogens with one attached hydrogen (secondary N) is 1. The number of hydrogen-bond donors (Lipinski definition) is 2. The molecule has 108 valence electrons. The topological polar surface area (TPSA) is 86.7 Å². The first-order valence-corrected chi connectivity index (χ1v) is 6.71. The summed E-state index contributed by atoms with van der Waals surface area (Å²) in [7, 11) is 1.53. The Labute approximate surface area is 113 Å². The van der Waals surface area contributed by atoms with Gasteiger partial charge in [0.1, 0.15) is 0 Å². The van der Waals surface area contributed by atoms with E-state index in [0.717, 1.165) is 6.42 Å². The quantitative estimate of drug-likeness (QED) is 0.760. The predicted molar refractivity (Wildman–Crippen MR) is 69.4 cm³/mol. The van der Waals surface area contributed by atoms with Crippen molar-refractivity contribution in [1.82, 2.24) is 10.2 Å². The van der Waals surface area contributed by atoms with Gasteiger partial charge < -0.3 is 15.3 Å². The van der Waals surface area contributed by atoms with E-state index in [4.69, 9.17) is 5.11 Å². The number of carboxylic acids is 1. The second-order valence-electron chi connectivity index (χ2n) is 4.92. The molecule has 2 atom stereocenters. The minimum Gasteiger partial charge on any atom is -0.481 e. The molecule has 1 saturated carbocycles. The zero-order valence-corrected chi connectivity index (χ0v) is 11.5. The zero-order chi connectivity index (χ0) is 14.4. The maximum atomic E-state index is 12.3. The van der Waals surface area contributed by atoms with Gasteiger partial charge in [-0.3, -0.25) is 14.4 Å². The Balaban J connectivity index is 2.63. The van der Waals surface area contributed by atoms with Gasteiger partial charge in [-0.25, -0.2) is 0 Å². The summed E-state index contributed by atoms with van der Waals surface area (Å²) in [4.78, 5) is 36.1. The number of nitrogens with zero attached hydrogens (tertiary/aromatic N) is 1. The molecule has 1 aliphatic rings. The van der Waals surface area contributed by atoms with Crippen LogP contribution in [0.2, 0.25) is 0 Å². The lowest BCUT2D eigenvalue weighted by Crippen LogP contribution is -2.43. The fourth-order valence-corrected chi connectivity index (χ4v) is 2.49. The van der Waals surface area contributed by atoms with Crippen LogP contribution in [0.25, 0.3) is 0 Å². The first-order valence-electron chi connectivity index (χ1n) is 6.71. The van der Waals surface area contributed by atoms with Gasteiger partial charge in [-0.15, -0.1) is 0 Å². The van der Waals surface area contributed by atoms with Crippen LogP contribution in [0.15, 0.2) is 0 Å². The normalized spacial score (nSPS) is 22.6. The zero-order valence-electron chi connectivity index (χ0n) is 11.5. The van der Waals surface area contributed by atoms with Gasteiger partial charge in [-0.2, -0.15) is 0 Å². The largest absolute Gasteiger partial charge is 0.481 e. The highest BCUT2D eigenvalue weighted by Crippen LogP contribution is 2.30. The first kappa shape index (κ1) is 15.5. The van der Waals surface area contributed by atoms with Crippen LogP contribution in [0, 0.1) is 11.8 Å². The standard InChI is InChI=1S/C13H22N2O4/c1-3-15(8-11(16)14-2)12(17)9-5-4-6-10(7-9)13(18)19/h9-10H,3-8H2,1-2H3,(H,14,16)(H,18,19). The molecule has 1 aliphatic carbocycles. The van der Waals surface area contributed by atoms with Gasteiger partial charge in [0.25, 0.3) is 0 Å². The van der Waals surface area contributed by atoms with Crippen molar-refractivity contribution < 1.29 is 19.5 Å². The van der Waals surface area contributed by atoms with Crippen LogP contribution in [-0.2, 0) is 14.4 Å². The number of likely N-dealkylation sites (N-methyl/N-ethyl adjacent to an activating group) is 2. The van der Waals surface area contributed by atoms with Crippen LogP contribution in [0.3, 0.4) is 0 Å². The molecule has 2 amide bonds. The fourth-order valence-electron chi connectivity index (χ4n) is 2.49. The number of carboxylic acid groups (broad SMARTS) is 1. The minimum absolute atomic E-state index is 0.0417. The van der Waals surface area contributed by atoms with Gasteiger partial charge >= 0.3 is 5.97 Å². The molecule has 0 radical (unpaired) electrons. The Bertz CT molecular complexity index is 357. The number of amides is 2. The molecule has 0 heterocycles. The van der Waals surface area contributed by atoms with Crippen LogP contribution in [0.1, 0.15) is 32.6 Å². The Morgan fingerprint density at radius 2 is 1.89 bits per heavy atom. The Morgan fingerprint density at radius 1 is 1.26 bits per heavy atom. The molecule has 2 unspecified atom stereocenters. The van der Waals surface area contributed by atoms with E-state index in [9.17, 15) is 14.4 Å². The molecule has 0 saturated heterocycles. The number of aliphatic carboxylic acids is 1. The third-order valence-electron chi connectivity index (χ3n) is 3.68. The van der Waals surface area contributed by atoms with E-state index in [1.165, 1.54) is 11.9 Å². The summed E-state index contributed by atoms with van der Waals surface area (Å²) in [5.74, 6) is -1.83. The van der Waals surface area contributed by atoms with E-state index >= 15 is 0 Å². The van der Waals surface area contributed by atoms with E-state index in [-0.39, 0.29) is 24.3 Å². The molecule has 2 N–H and O–H groups in total. The highest BCUT2D eigenvalue weighted by Gasteiger charge is 2.33. The van der Waals surface area contributed by atoms with Gasteiger partial charge in [0.05, 0.1) is 12.5 Å². The molecule has 6 nitrogen and oxygen atoms in total. The second kappa shape index (κ2) is 7.11. The maximum Gasteiger partial charge on any atom is 0.306 e. The molecular weight excluding hydrogens is 248 g/mol. The van der Waals surface area contributed by atoms with E-state index in [1.54, 1.807) is 0 Å². The van der Waals surface area contributed by atoms with E-state index in [1.807, 2.05) is 6.92 Å². The van der Waals surface area contributed by atoms with Crippen LogP contribution < -0.4 is 5.32 Å². The van der Waals surface area contributed by atoms with Crippen molar-refractivity contribution in [3.05, 3.63) is 0 Å². The van der Waals surface area contributed by atoms with Crippen molar-refractivity contribution in [2.75, 3.05) is 20.1 Å². The molecule has 0 bridgehead atoms. The summed E-state index contributed by atoms with van der Waals surface area (Å²) in [6, 6.07) is 0. The molecule has 0 aromatic heterocycles. The highest BCUT2D eigenvalue weighted by atomic mass is 16.4. The van der Waals surface area contributed by atoms with Gasteiger partial charge in [0.2, 0.25) is 11.8 Å². The van der Waals surface area contributed by atoms with Crippen molar-refractivity contribution in [3.63, 3.8) is 0 Å². The van der Waals surface area contributed by atoms with Gasteiger partial charge in [0, 0.05) is 19.5 Å². The van der Waals surface area contributed by atoms with Crippen molar-refractivity contribution in [2.24, 2.45) is 11.8 Å². The molecular formula is C13H22N2O4. The van der Waals surface area contributed by atoms with E-state index in [2.05, 4.69) is 5.32 Å². The molecule has 19 heavy (non-hydrogen) atoms. The lowest BCUT2D eigenvalue weighted by Gasteiger charge is -2.30. The number of carbonyl (C=O) groups excluding carboxylic acids is 2. The van der Waals surface area contributed by atoms with Gasteiger partial charge in [-0.05, 0) is 26.2 Å². The number of rotatable bonds is 5. The Morgan fingerprint density at radius 3 is 2.42 bits per heavy atom. The average molecular weight is 270 g/mol. The molecule has 0 aromatic carbocycles. The summed E-state index contributed by atoms with van der Waals surface area (Å²) in [5, 5.41) is 11.5. The second-order valence-corrected chi connectivity index (χ2v) is 4.92. The predicted octanol–water partition coefficient (Wildman–Crippen LogP) is 0.472. The fraction of sp³-hybridized carbons (Fsp3) is 0.769. The molecule has 1 rings (SSSR count). The van der Waals surface area contributed by atoms with Crippen molar-refractivity contribution in [2.45, 2.75) is 32.6 Å². The van der Waals surface area contributed by atoms with Crippen LogP contribution in [-0.4, -0.2) is 47.9 Å². The maximum absolute atomic E-state index is 12.3. The molecule has 0 aromatic rings. The summed E-state index contributed by atoms with van der Waals surface area (Å²) in [5.41, 5.74) is 0. The summed E-state index contributed by atoms with van der Waals surface area (Å²) in [6.07, 6.45) is 2.50.